The van der Waals surface area contributed by atoms with Crippen LogP contribution in [0.25, 0.3) is 5.69 Å². The summed E-state index contributed by atoms with van der Waals surface area (Å²) in [5.41, 5.74) is 6.38. The van der Waals surface area contributed by atoms with Crippen LogP contribution in [0.1, 0.15) is 31.5 Å². The first-order chi connectivity index (χ1) is 12.5. The number of primary amides is 1. The minimum absolute atomic E-state index is 0.0308. The van der Waals surface area contributed by atoms with Gasteiger partial charge in [-0.05, 0) is 36.4 Å². The van der Waals surface area contributed by atoms with E-state index in [1.165, 1.54) is 24.2 Å². The number of carbonyl (C=O) groups excluding carboxylic acids is 3. The number of benzene rings is 1. The number of nitrogens with two attached hydrogens (primary N) is 1. The lowest BCUT2D eigenvalue weighted by atomic mass is 10.2. The normalized spacial score (nSPS) is 10.3. The van der Waals surface area contributed by atoms with Crippen LogP contribution in [0, 0.1) is 0 Å². The van der Waals surface area contributed by atoms with Gasteiger partial charge in [-0.15, -0.1) is 0 Å². The van der Waals surface area contributed by atoms with Crippen LogP contribution in [-0.2, 0) is 0 Å². The number of nitrogens with one attached hydrogen (secondary N) is 2. The van der Waals surface area contributed by atoms with Crippen molar-refractivity contribution in [3.8, 4) is 5.69 Å². The molecule has 2 aromatic heterocycles. The van der Waals surface area contributed by atoms with E-state index in [-0.39, 0.29) is 23.1 Å². The van der Waals surface area contributed by atoms with E-state index in [9.17, 15) is 14.4 Å². The zero-order chi connectivity index (χ0) is 18.7. The van der Waals surface area contributed by atoms with Gasteiger partial charge in [0.15, 0.2) is 11.5 Å². The molecule has 4 N–H and O–H groups in total. The van der Waals surface area contributed by atoms with Gasteiger partial charge in [0.2, 0.25) is 0 Å². The zero-order valence-corrected chi connectivity index (χ0v) is 13.7. The average Bonchev–Trinajstić information content (AvgIpc) is 3.31. The number of hydrogen-bond donors (Lipinski definition) is 3. The molecule has 0 spiro atoms. The van der Waals surface area contributed by atoms with Gasteiger partial charge in [0.05, 0.1) is 6.26 Å². The number of furan rings is 1. The molecule has 0 aliphatic heterocycles. The van der Waals surface area contributed by atoms with Crippen molar-refractivity contribution in [3.05, 3.63) is 66.1 Å². The van der Waals surface area contributed by atoms with Crippen molar-refractivity contribution < 1.29 is 18.8 Å². The summed E-state index contributed by atoms with van der Waals surface area (Å²) in [6.07, 6.45) is 2.74. The van der Waals surface area contributed by atoms with Gasteiger partial charge in [0.25, 0.3) is 17.7 Å². The molecule has 132 valence electrons. The summed E-state index contributed by atoms with van der Waals surface area (Å²) in [6, 6.07) is 9.75. The van der Waals surface area contributed by atoms with E-state index >= 15 is 0 Å². The molecule has 3 rings (SSSR count). The number of hydrogen-bond acceptors (Lipinski definition) is 5. The van der Waals surface area contributed by atoms with Gasteiger partial charge in [-0.3, -0.25) is 19.0 Å². The molecule has 0 saturated heterocycles. The maximum Gasteiger partial charge on any atom is 0.291 e. The average molecular weight is 353 g/mol. The van der Waals surface area contributed by atoms with Gasteiger partial charge >= 0.3 is 0 Å². The van der Waals surface area contributed by atoms with Crippen molar-refractivity contribution in [2.24, 2.45) is 5.73 Å². The van der Waals surface area contributed by atoms with Crippen LogP contribution in [0.2, 0.25) is 0 Å². The summed E-state index contributed by atoms with van der Waals surface area (Å²) in [6.45, 7) is 0. The number of carbonyl (C=O) groups is 3. The summed E-state index contributed by atoms with van der Waals surface area (Å²) in [7, 11) is 1.43. The van der Waals surface area contributed by atoms with E-state index in [1.54, 1.807) is 36.4 Å². The van der Waals surface area contributed by atoms with Crippen LogP contribution in [0.15, 0.2) is 53.4 Å². The molecule has 3 amide bonds. The molecule has 0 saturated carbocycles. The van der Waals surface area contributed by atoms with Crippen LogP contribution >= 0.6 is 0 Å². The Labute approximate surface area is 147 Å². The molecule has 26 heavy (non-hydrogen) atoms. The highest BCUT2D eigenvalue weighted by molar-refractivity contribution is 6.05. The van der Waals surface area contributed by atoms with Crippen molar-refractivity contribution in [3.63, 3.8) is 0 Å². The molecule has 9 heteroatoms. The van der Waals surface area contributed by atoms with Crippen LogP contribution in [-0.4, -0.2) is 34.3 Å². The SMILES string of the molecule is CNC(=O)c1ncn(-c2ccc(NC(=O)c3ccco3)cc2)c1C(N)=O. The largest absolute Gasteiger partial charge is 0.459 e. The van der Waals surface area contributed by atoms with Crippen molar-refractivity contribution in [2.45, 2.75) is 0 Å². The fourth-order valence-corrected chi connectivity index (χ4v) is 2.37. The number of rotatable bonds is 5. The number of aromatic nitrogens is 2. The summed E-state index contributed by atoms with van der Waals surface area (Å²) < 4.78 is 6.43. The van der Waals surface area contributed by atoms with Gasteiger partial charge in [-0.25, -0.2) is 4.98 Å². The Morgan fingerprint density at radius 3 is 2.42 bits per heavy atom. The minimum Gasteiger partial charge on any atom is -0.459 e. The quantitative estimate of drug-likeness (QED) is 0.633. The topological polar surface area (TPSA) is 132 Å². The number of nitrogens with zero attached hydrogens (tertiary/aromatic N) is 2. The van der Waals surface area contributed by atoms with E-state index in [2.05, 4.69) is 15.6 Å². The van der Waals surface area contributed by atoms with Gasteiger partial charge in [-0.2, -0.15) is 0 Å². The first kappa shape index (κ1) is 17.0. The van der Waals surface area contributed by atoms with Gasteiger partial charge in [-0.1, -0.05) is 0 Å². The highest BCUT2D eigenvalue weighted by Gasteiger charge is 2.22. The van der Waals surface area contributed by atoms with Crippen molar-refractivity contribution >= 4 is 23.4 Å². The predicted octanol–water partition coefficient (Wildman–Crippen LogP) is 1.18. The highest BCUT2D eigenvalue weighted by Crippen LogP contribution is 2.18. The van der Waals surface area contributed by atoms with Gasteiger partial charge in [0.1, 0.15) is 12.0 Å². The summed E-state index contributed by atoms with van der Waals surface area (Å²) in [4.78, 5) is 39.5. The van der Waals surface area contributed by atoms with Crippen LogP contribution in [0.3, 0.4) is 0 Å². The molecule has 0 aliphatic rings. The molecule has 3 aromatic rings. The van der Waals surface area contributed by atoms with Gasteiger partial charge < -0.3 is 20.8 Å². The second-order valence-electron chi connectivity index (χ2n) is 5.23. The molecule has 0 atom stereocenters. The van der Waals surface area contributed by atoms with E-state index < -0.39 is 11.8 Å². The Morgan fingerprint density at radius 2 is 1.85 bits per heavy atom. The molecular weight excluding hydrogens is 338 g/mol. The molecule has 0 unspecified atom stereocenters. The summed E-state index contributed by atoms with van der Waals surface area (Å²) in [5.74, 6) is -1.49. The Bertz CT molecular complexity index is 958. The lowest BCUT2D eigenvalue weighted by molar-refractivity contribution is 0.0937. The minimum atomic E-state index is -0.781. The number of imidazole rings is 1. The van der Waals surface area contributed by atoms with E-state index in [1.807, 2.05) is 0 Å². The molecular formula is C17H15N5O4. The smallest absolute Gasteiger partial charge is 0.291 e. The molecule has 1 aromatic carbocycles. The maximum absolute atomic E-state index is 12.0. The molecule has 0 bridgehead atoms. The van der Waals surface area contributed by atoms with Crippen molar-refractivity contribution in [1.29, 1.82) is 0 Å². The Kier molecular flexibility index (Phi) is 4.52. The molecule has 0 fully saturated rings. The van der Waals surface area contributed by atoms with E-state index in [0.717, 1.165) is 0 Å². The zero-order valence-electron chi connectivity index (χ0n) is 13.7. The van der Waals surface area contributed by atoms with E-state index in [0.29, 0.717) is 11.4 Å². The maximum atomic E-state index is 12.0. The Morgan fingerprint density at radius 1 is 1.12 bits per heavy atom. The molecule has 9 nitrogen and oxygen atoms in total. The van der Waals surface area contributed by atoms with Crippen molar-refractivity contribution in [1.82, 2.24) is 14.9 Å². The second-order valence-corrected chi connectivity index (χ2v) is 5.23. The first-order valence-corrected chi connectivity index (χ1v) is 7.55. The number of amides is 3. The summed E-state index contributed by atoms with van der Waals surface area (Å²) in [5, 5.41) is 5.09. The molecule has 0 aliphatic carbocycles. The Balaban J connectivity index is 1.87. The third-order valence-corrected chi connectivity index (χ3v) is 3.59. The van der Waals surface area contributed by atoms with Crippen LogP contribution in [0.4, 0.5) is 5.69 Å². The number of anilines is 1. The lowest BCUT2D eigenvalue weighted by Gasteiger charge is -2.09. The van der Waals surface area contributed by atoms with Gasteiger partial charge in [0, 0.05) is 18.4 Å². The first-order valence-electron chi connectivity index (χ1n) is 7.55. The fourth-order valence-electron chi connectivity index (χ4n) is 2.37. The predicted molar refractivity (Wildman–Crippen MR) is 92.1 cm³/mol. The highest BCUT2D eigenvalue weighted by atomic mass is 16.3. The molecule has 2 heterocycles. The second kappa shape index (κ2) is 6.93. The van der Waals surface area contributed by atoms with Crippen LogP contribution < -0.4 is 16.4 Å². The van der Waals surface area contributed by atoms with E-state index in [4.69, 9.17) is 10.2 Å². The summed E-state index contributed by atoms with van der Waals surface area (Å²) >= 11 is 0. The molecule has 0 radical (unpaired) electrons. The van der Waals surface area contributed by atoms with Crippen LogP contribution in [0.5, 0.6) is 0 Å². The standard InChI is InChI=1S/C17H15N5O4/c1-19-17(25)13-14(15(18)23)22(9-20-13)11-6-4-10(5-7-11)21-16(24)12-3-2-8-26-12/h2-9H,1H3,(H2,18,23)(H,19,25)(H,21,24). The lowest BCUT2D eigenvalue weighted by Crippen LogP contribution is -2.25. The Hall–Kier alpha value is -3.88. The fraction of sp³-hybridized carbons (Fsp3) is 0.0588. The third-order valence-electron chi connectivity index (χ3n) is 3.59. The van der Waals surface area contributed by atoms with Crippen molar-refractivity contribution in [2.75, 3.05) is 12.4 Å². The third kappa shape index (κ3) is 3.18. The monoisotopic (exact) mass is 353 g/mol.